The fraction of sp³-hybridized carbons (Fsp3) is 0.333. The third-order valence-corrected chi connectivity index (χ3v) is 7.26. The third kappa shape index (κ3) is 8.74. The van der Waals surface area contributed by atoms with Crippen molar-refractivity contribution in [3.63, 3.8) is 0 Å². The van der Waals surface area contributed by atoms with Crippen LogP contribution in [0.5, 0.6) is 17.2 Å². The van der Waals surface area contributed by atoms with Crippen molar-refractivity contribution < 1.29 is 27.5 Å². The maximum absolute atomic E-state index is 13.7. The molecule has 0 radical (unpaired) electrons. The first-order valence-corrected chi connectivity index (χ1v) is 14.8. The molecule has 2 amide bonds. The molecule has 0 spiro atoms. The van der Waals surface area contributed by atoms with Gasteiger partial charge in [-0.05, 0) is 66.9 Å². The van der Waals surface area contributed by atoms with Crippen LogP contribution in [-0.2, 0) is 26.2 Å². The van der Waals surface area contributed by atoms with E-state index in [0.717, 1.165) is 16.1 Å². The molecule has 1 atom stereocenters. The summed E-state index contributed by atoms with van der Waals surface area (Å²) in [4.78, 5) is 28.1. The smallest absolute Gasteiger partial charge is 0.244 e. The lowest BCUT2D eigenvalue weighted by Crippen LogP contribution is -2.51. The lowest BCUT2D eigenvalue weighted by molar-refractivity contribution is -0.139. The average Bonchev–Trinajstić information content (AvgIpc) is 2.93. The van der Waals surface area contributed by atoms with Gasteiger partial charge in [-0.1, -0.05) is 44.2 Å². The topological polar surface area (TPSA) is 105 Å². The summed E-state index contributed by atoms with van der Waals surface area (Å²) in [6.07, 6.45) is 1.04. The molecule has 9 nitrogen and oxygen atoms in total. The van der Waals surface area contributed by atoms with Gasteiger partial charge in [0.1, 0.15) is 29.8 Å². The van der Waals surface area contributed by atoms with Gasteiger partial charge in [0, 0.05) is 13.1 Å². The van der Waals surface area contributed by atoms with Gasteiger partial charge in [-0.25, -0.2) is 8.42 Å². The Labute approximate surface area is 236 Å². The Morgan fingerprint density at radius 1 is 0.875 bits per heavy atom. The number of nitrogens with one attached hydrogen (secondary N) is 1. The minimum absolute atomic E-state index is 0.0910. The van der Waals surface area contributed by atoms with E-state index in [1.807, 2.05) is 50.2 Å². The van der Waals surface area contributed by atoms with Crippen molar-refractivity contribution in [2.45, 2.75) is 33.4 Å². The van der Waals surface area contributed by atoms with Crippen LogP contribution >= 0.6 is 0 Å². The molecule has 0 heterocycles. The minimum Gasteiger partial charge on any atom is -0.497 e. The zero-order valence-electron chi connectivity index (χ0n) is 23.5. The van der Waals surface area contributed by atoms with E-state index in [9.17, 15) is 18.0 Å². The van der Waals surface area contributed by atoms with Crippen LogP contribution in [0.2, 0.25) is 0 Å². The predicted octanol–water partition coefficient (Wildman–Crippen LogP) is 4.44. The van der Waals surface area contributed by atoms with Crippen molar-refractivity contribution >= 4 is 27.5 Å². The van der Waals surface area contributed by atoms with Crippen molar-refractivity contribution in [3.05, 3.63) is 84.4 Å². The molecule has 0 fully saturated rings. The summed E-state index contributed by atoms with van der Waals surface area (Å²) in [7, 11) is -2.30. The Morgan fingerprint density at radius 2 is 1.50 bits per heavy atom. The molecular weight excluding hydrogens is 530 g/mol. The van der Waals surface area contributed by atoms with Crippen molar-refractivity contribution in [2.24, 2.45) is 5.92 Å². The molecule has 3 rings (SSSR count). The van der Waals surface area contributed by atoms with Crippen LogP contribution in [0.4, 0.5) is 5.69 Å². The largest absolute Gasteiger partial charge is 0.497 e. The van der Waals surface area contributed by atoms with Crippen LogP contribution in [-0.4, -0.2) is 57.6 Å². The summed E-state index contributed by atoms with van der Waals surface area (Å²) >= 11 is 0. The summed E-state index contributed by atoms with van der Waals surface area (Å²) in [6.45, 7) is 5.65. The van der Waals surface area contributed by atoms with E-state index in [1.54, 1.807) is 56.5 Å². The van der Waals surface area contributed by atoms with Gasteiger partial charge in [-0.15, -0.1) is 0 Å². The van der Waals surface area contributed by atoms with Gasteiger partial charge < -0.3 is 19.7 Å². The van der Waals surface area contributed by atoms with E-state index >= 15 is 0 Å². The van der Waals surface area contributed by atoms with Gasteiger partial charge in [0.2, 0.25) is 21.8 Å². The van der Waals surface area contributed by atoms with E-state index in [0.29, 0.717) is 29.5 Å². The summed E-state index contributed by atoms with van der Waals surface area (Å²) in [5.41, 5.74) is 1.04. The highest BCUT2D eigenvalue weighted by Crippen LogP contribution is 2.26. The van der Waals surface area contributed by atoms with E-state index in [1.165, 1.54) is 4.90 Å². The zero-order chi connectivity index (χ0) is 29.3. The van der Waals surface area contributed by atoms with Crippen molar-refractivity contribution in [1.29, 1.82) is 0 Å². The molecule has 0 aliphatic rings. The van der Waals surface area contributed by atoms with Crippen LogP contribution in [0.1, 0.15) is 26.3 Å². The van der Waals surface area contributed by atoms with Crippen LogP contribution in [0.15, 0.2) is 78.9 Å². The SMILES string of the molecule is COc1cccc(CN(C(=O)CN(c2ccc(Oc3ccccc3)cc2)S(C)(=O)=O)C(C)C(=O)NCC(C)C)c1. The van der Waals surface area contributed by atoms with E-state index in [4.69, 9.17) is 9.47 Å². The molecule has 0 aliphatic carbocycles. The number of methoxy groups -OCH3 is 1. The maximum Gasteiger partial charge on any atom is 0.244 e. The normalized spacial score (nSPS) is 11.9. The van der Waals surface area contributed by atoms with Crippen molar-refractivity contribution in [2.75, 3.05) is 30.8 Å². The highest BCUT2D eigenvalue weighted by molar-refractivity contribution is 7.92. The standard InChI is InChI=1S/C30H37N3O6S/c1-22(2)19-31-30(35)23(3)32(20-24-10-9-13-28(18-24)38-4)29(34)21-33(40(5,36)37)25-14-16-27(17-15-25)39-26-11-7-6-8-12-26/h6-18,22-23H,19-21H2,1-5H3,(H,31,35). The fourth-order valence-corrected chi connectivity index (χ4v) is 4.77. The Morgan fingerprint density at radius 3 is 2.10 bits per heavy atom. The summed E-state index contributed by atoms with van der Waals surface area (Å²) in [6, 6.07) is 22.0. The van der Waals surface area contributed by atoms with Gasteiger partial charge in [-0.2, -0.15) is 0 Å². The zero-order valence-corrected chi connectivity index (χ0v) is 24.4. The van der Waals surface area contributed by atoms with Gasteiger partial charge in [-0.3, -0.25) is 13.9 Å². The molecule has 3 aromatic rings. The summed E-state index contributed by atoms with van der Waals surface area (Å²) in [5, 5.41) is 2.86. The quantitative estimate of drug-likeness (QED) is 0.327. The molecule has 0 aromatic heterocycles. The molecule has 10 heteroatoms. The first kappa shape index (κ1) is 30.5. The maximum atomic E-state index is 13.7. The van der Waals surface area contributed by atoms with Gasteiger partial charge in [0.25, 0.3) is 0 Å². The summed E-state index contributed by atoms with van der Waals surface area (Å²) in [5.74, 6) is 1.15. The van der Waals surface area contributed by atoms with Crippen LogP contribution in [0.25, 0.3) is 0 Å². The van der Waals surface area contributed by atoms with Crippen molar-refractivity contribution in [3.8, 4) is 17.2 Å². The first-order valence-electron chi connectivity index (χ1n) is 13.0. The van der Waals surface area contributed by atoms with Gasteiger partial charge in [0.15, 0.2) is 0 Å². The number of nitrogens with zero attached hydrogens (tertiary/aromatic N) is 2. The Hall–Kier alpha value is -4.05. The molecule has 0 saturated heterocycles. The molecule has 0 saturated carbocycles. The summed E-state index contributed by atoms with van der Waals surface area (Å²) < 4.78 is 37.8. The monoisotopic (exact) mass is 567 g/mol. The number of amides is 2. The second-order valence-electron chi connectivity index (χ2n) is 9.87. The molecule has 214 valence electrons. The molecular formula is C30H37N3O6S. The number of sulfonamides is 1. The predicted molar refractivity (Wildman–Crippen MR) is 156 cm³/mol. The molecule has 0 aliphatic heterocycles. The average molecular weight is 568 g/mol. The number of benzene rings is 3. The Balaban J connectivity index is 1.86. The number of carbonyl (C=O) groups excluding carboxylic acids is 2. The van der Waals surface area contributed by atoms with Gasteiger partial charge >= 0.3 is 0 Å². The number of para-hydroxylation sites is 1. The Kier molecular flexibility index (Phi) is 10.6. The Bertz CT molecular complexity index is 1380. The van der Waals surface area contributed by atoms with E-state index in [2.05, 4.69) is 5.32 Å². The first-order chi connectivity index (χ1) is 19.0. The van der Waals surface area contributed by atoms with Crippen LogP contribution < -0.4 is 19.1 Å². The second kappa shape index (κ2) is 13.8. The minimum atomic E-state index is -3.84. The number of anilines is 1. The molecule has 1 unspecified atom stereocenters. The lowest BCUT2D eigenvalue weighted by Gasteiger charge is -2.31. The second-order valence-corrected chi connectivity index (χ2v) is 11.8. The molecule has 40 heavy (non-hydrogen) atoms. The molecule has 3 aromatic carbocycles. The van der Waals surface area contributed by atoms with Crippen LogP contribution in [0, 0.1) is 5.92 Å². The highest BCUT2D eigenvalue weighted by Gasteiger charge is 2.30. The number of rotatable bonds is 13. The number of hydrogen-bond donors (Lipinski definition) is 1. The molecule has 0 bridgehead atoms. The highest BCUT2D eigenvalue weighted by atomic mass is 32.2. The van der Waals surface area contributed by atoms with Gasteiger partial charge in [0.05, 0.1) is 19.1 Å². The number of ether oxygens (including phenoxy) is 2. The third-order valence-electron chi connectivity index (χ3n) is 6.12. The van der Waals surface area contributed by atoms with Crippen molar-refractivity contribution in [1.82, 2.24) is 10.2 Å². The fourth-order valence-electron chi connectivity index (χ4n) is 3.92. The number of carbonyl (C=O) groups is 2. The van der Waals surface area contributed by atoms with E-state index < -0.39 is 28.5 Å². The van der Waals surface area contributed by atoms with Crippen LogP contribution in [0.3, 0.4) is 0 Å². The lowest BCUT2D eigenvalue weighted by atomic mass is 10.1. The molecule has 1 N–H and O–H groups in total. The number of hydrogen-bond acceptors (Lipinski definition) is 6. The van der Waals surface area contributed by atoms with E-state index in [-0.39, 0.29) is 18.4 Å².